The van der Waals surface area contributed by atoms with E-state index in [1.807, 2.05) is 24.3 Å². The fourth-order valence-corrected chi connectivity index (χ4v) is 6.11. The molecule has 0 unspecified atom stereocenters. The monoisotopic (exact) mass is 498 g/mol. The predicted octanol–water partition coefficient (Wildman–Crippen LogP) is 3.62. The highest BCUT2D eigenvalue weighted by Crippen LogP contribution is 2.43. The Morgan fingerprint density at radius 2 is 1.81 bits per heavy atom. The van der Waals surface area contributed by atoms with Gasteiger partial charge in [-0.3, -0.25) is 14.4 Å². The fraction of sp³-hybridized carbons (Fsp3) is 0.192. The summed E-state index contributed by atoms with van der Waals surface area (Å²) in [5, 5.41) is 8.43. The summed E-state index contributed by atoms with van der Waals surface area (Å²) in [6.07, 6.45) is 4.06. The third-order valence-corrected chi connectivity index (χ3v) is 7.65. The number of thiophene rings is 1. The average Bonchev–Trinajstić information content (AvgIpc) is 3.46. The number of aromatic amines is 1. The highest BCUT2D eigenvalue weighted by molar-refractivity contribution is 7.17. The Balaban J connectivity index is 1.38. The Bertz CT molecular complexity index is 1700. The first-order valence-corrected chi connectivity index (χ1v) is 12.5. The second kappa shape index (κ2) is 8.72. The van der Waals surface area contributed by atoms with E-state index in [-0.39, 0.29) is 17.6 Å². The van der Waals surface area contributed by atoms with Crippen LogP contribution in [-0.4, -0.2) is 31.6 Å². The van der Waals surface area contributed by atoms with E-state index in [0.717, 1.165) is 47.0 Å². The van der Waals surface area contributed by atoms with E-state index >= 15 is 0 Å². The quantitative estimate of drug-likeness (QED) is 0.340. The molecule has 0 atom stereocenters. The molecule has 0 radical (unpaired) electrons. The van der Waals surface area contributed by atoms with Gasteiger partial charge in [0, 0.05) is 10.3 Å². The molecule has 4 N–H and O–H groups in total. The zero-order valence-corrected chi connectivity index (χ0v) is 20.0. The van der Waals surface area contributed by atoms with Gasteiger partial charge in [-0.15, -0.1) is 11.3 Å². The highest BCUT2D eigenvalue weighted by Gasteiger charge is 2.25. The Morgan fingerprint density at radius 1 is 1.06 bits per heavy atom. The van der Waals surface area contributed by atoms with Gasteiger partial charge in [0.2, 0.25) is 5.91 Å². The second-order valence-corrected chi connectivity index (χ2v) is 9.89. The molecule has 0 saturated carbocycles. The number of H-pyrrole nitrogens is 1. The Hall–Kier alpha value is -4.31. The lowest BCUT2D eigenvalue weighted by Gasteiger charge is -2.12. The lowest BCUT2D eigenvalue weighted by Crippen LogP contribution is -2.32. The molecule has 1 aliphatic rings. The van der Waals surface area contributed by atoms with E-state index < -0.39 is 17.4 Å². The minimum atomic E-state index is -0.765. The van der Waals surface area contributed by atoms with Crippen molar-refractivity contribution < 1.29 is 9.59 Å². The molecule has 0 fully saturated rings. The van der Waals surface area contributed by atoms with Crippen LogP contribution in [0.3, 0.4) is 0 Å². The summed E-state index contributed by atoms with van der Waals surface area (Å²) in [6, 6.07) is 14.4. The number of carbonyl (C=O) groups is 2. The minimum Gasteiger partial charge on any atom is -0.364 e. The molecule has 6 rings (SSSR count). The van der Waals surface area contributed by atoms with Crippen molar-refractivity contribution >= 4 is 50.0 Å². The first-order valence-electron chi connectivity index (χ1n) is 11.7. The molecule has 9 nitrogen and oxygen atoms in total. The average molecular weight is 499 g/mol. The lowest BCUT2D eigenvalue weighted by molar-refractivity contribution is -0.117. The standard InChI is InChI=1S/C26H22N6O3S/c27-23(34)22-14-7-1-2-8-15(14)26(35)32(31-22)13-20(33)30-25-21(16-9-3-6-12-19(16)36-25)24-28-17-10-4-5-11-18(17)29-24/h1-2,4-5,7-8,10-11H,3,6,9,12-13H2,(H2,27,34)(H,28,29)(H,30,33). The van der Waals surface area contributed by atoms with Crippen LogP contribution in [0.1, 0.15) is 33.8 Å². The smallest absolute Gasteiger partial charge is 0.275 e. The number of primary amides is 1. The van der Waals surface area contributed by atoms with Gasteiger partial charge in [0.05, 0.1) is 22.0 Å². The molecule has 3 heterocycles. The van der Waals surface area contributed by atoms with Crippen LogP contribution in [-0.2, 0) is 24.2 Å². The summed E-state index contributed by atoms with van der Waals surface area (Å²) in [6.45, 7) is -0.355. The molecule has 2 amide bonds. The molecule has 0 spiro atoms. The predicted molar refractivity (Wildman–Crippen MR) is 139 cm³/mol. The van der Waals surface area contributed by atoms with Crippen molar-refractivity contribution in [2.24, 2.45) is 5.73 Å². The summed E-state index contributed by atoms with van der Waals surface area (Å²) in [7, 11) is 0. The summed E-state index contributed by atoms with van der Waals surface area (Å²) >= 11 is 1.55. The van der Waals surface area contributed by atoms with E-state index in [1.165, 1.54) is 10.4 Å². The van der Waals surface area contributed by atoms with Crippen molar-refractivity contribution in [3.05, 3.63) is 75.0 Å². The number of nitrogens with two attached hydrogens (primary N) is 1. The molecule has 0 bridgehead atoms. The normalized spacial score (nSPS) is 13.1. The summed E-state index contributed by atoms with van der Waals surface area (Å²) in [5.74, 6) is -0.479. The summed E-state index contributed by atoms with van der Waals surface area (Å²) < 4.78 is 0.992. The van der Waals surface area contributed by atoms with Gasteiger partial charge in [-0.2, -0.15) is 5.10 Å². The third kappa shape index (κ3) is 3.75. The largest absolute Gasteiger partial charge is 0.364 e. The first kappa shape index (κ1) is 22.2. The third-order valence-electron chi connectivity index (χ3n) is 6.44. The van der Waals surface area contributed by atoms with Gasteiger partial charge in [0.15, 0.2) is 5.69 Å². The van der Waals surface area contributed by atoms with Gasteiger partial charge in [-0.05, 0) is 49.4 Å². The Morgan fingerprint density at radius 3 is 2.61 bits per heavy atom. The molecule has 2 aromatic carbocycles. The zero-order chi connectivity index (χ0) is 24.8. The maximum atomic E-state index is 13.2. The van der Waals surface area contributed by atoms with Gasteiger partial charge in [0.25, 0.3) is 11.5 Å². The molecule has 10 heteroatoms. The number of hydrogen-bond acceptors (Lipinski definition) is 6. The Labute approximate surface area is 209 Å². The maximum absolute atomic E-state index is 13.2. The number of nitrogens with one attached hydrogen (secondary N) is 2. The van der Waals surface area contributed by atoms with Crippen LogP contribution >= 0.6 is 11.3 Å². The number of benzene rings is 2. The number of carbonyl (C=O) groups excluding carboxylic acids is 2. The van der Waals surface area contributed by atoms with Crippen LogP contribution < -0.4 is 16.6 Å². The van der Waals surface area contributed by atoms with Crippen molar-refractivity contribution in [2.75, 3.05) is 5.32 Å². The number of fused-ring (bicyclic) bond motifs is 3. The topological polar surface area (TPSA) is 136 Å². The number of imidazole rings is 1. The fourth-order valence-electron chi connectivity index (χ4n) is 4.80. The van der Waals surface area contributed by atoms with Crippen LogP contribution in [0.15, 0.2) is 53.3 Å². The van der Waals surface area contributed by atoms with Crippen LogP contribution in [0.2, 0.25) is 0 Å². The van der Waals surface area contributed by atoms with E-state index in [4.69, 9.17) is 10.7 Å². The SMILES string of the molecule is NC(=O)c1nn(CC(=O)Nc2sc3c(c2-c2nc4ccccc4[nH]2)CCCC3)c(=O)c2ccccc12. The van der Waals surface area contributed by atoms with Crippen LogP contribution in [0.25, 0.3) is 33.2 Å². The number of hydrogen-bond donors (Lipinski definition) is 3. The number of amides is 2. The van der Waals surface area contributed by atoms with E-state index in [2.05, 4.69) is 15.4 Å². The van der Waals surface area contributed by atoms with Crippen molar-refractivity contribution in [1.82, 2.24) is 19.7 Å². The molecule has 180 valence electrons. The number of nitrogens with zero attached hydrogens (tertiary/aromatic N) is 3. The van der Waals surface area contributed by atoms with Gasteiger partial charge in [-0.25, -0.2) is 9.67 Å². The second-order valence-electron chi connectivity index (χ2n) is 8.79. The highest BCUT2D eigenvalue weighted by atomic mass is 32.1. The van der Waals surface area contributed by atoms with Crippen molar-refractivity contribution in [1.29, 1.82) is 0 Å². The molecule has 0 aliphatic heterocycles. The van der Waals surface area contributed by atoms with Gasteiger partial charge in [0.1, 0.15) is 17.4 Å². The molecule has 0 saturated heterocycles. The number of aromatic nitrogens is 4. The van der Waals surface area contributed by atoms with Gasteiger partial charge in [-0.1, -0.05) is 30.3 Å². The van der Waals surface area contributed by atoms with Gasteiger partial charge < -0.3 is 16.0 Å². The molecular weight excluding hydrogens is 476 g/mol. The van der Waals surface area contributed by atoms with E-state index in [9.17, 15) is 14.4 Å². The maximum Gasteiger partial charge on any atom is 0.275 e. The molecule has 5 aromatic rings. The molecule has 1 aliphatic carbocycles. The van der Waals surface area contributed by atoms with E-state index in [1.54, 1.807) is 35.6 Å². The number of aryl methyl sites for hydroxylation is 1. The van der Waals surface area contributed by atoms with Gasteiger partial charge >= 0.3 is 0 Å². The number of anilines is 1. The molecule has 3 aromatic heterocycles. The van der Waals surface area contributed by atoms with Crippen LogP contribution in [0, 0.1) is 0 Å². The first-order chi connectivity index (χ1) is 17.5. The number of para-hydroxylation sites is 2. The minimum absolute atomic E-state index is 0.0486. The summed E-state index contributed by atoms with van der Waals surface area (Å²) in [5.41, 5.74) is 8.87. The van der Waals surface area contributed by atoms with Crippen molar-refractivity contribution in [3.63, 3.8) is 0 Å². The summed E-state index contributed by atoms with van der Waals surface area (Å²) in [4.78, 5) is 47.5. The zero-order valence-electron chi connectivity index (χ0n) is 19.2. The lowest BCUT2D eigenvalue weighted by atomic mass is 9.95. The molecular formula is C26H22N6O3S. The van der Waals surface area contributed by atoms with Crippen LogP contribution in [0.5, 0.6) is 0 Å². The Kier molecular flexibility index (Phi) is 5.37. The van der Waals surface area contributed by atoms with E-state index in [0.29, 0.717) is 16.2 Å². The van der Waals surface area contributed by atoms with Crippen molar-refractivity contribution in [3.8, 4) is 11.4 Å². The van der Waals surface area contributed by atoms with Crippen molar-refractivity contribution in [2.45, 2.75) is 32.2 Å². The molecule has 36 heavy (non-hydrogen) atoms. The van der Waals surface area contributed by atoms with Crippen LogP contribution in [0.4, 0.5) is 5.00 Å². The number of rotatable bonds is 5.